The van der Waals surface area contributed by atoms with Crippen LogP contribution in [0.3, 0.4) is 0 Å². The molecule has 7 aromatic rings. The van der Waals surface area contributed by atoms with Gasteiger partial charge in [-0.15, -0.1) is 0 Å². The zero-order valence-corrected chi connectivity index (χ0v) is 39.1. The summed E-state index contributed by atoms with van der Waals surface area (Å²) in [5.41, 5.74) is 13.4. The Morgan fingerprint density at radius 3 is 0.460 bits per heavy atom. The predicted molar refractivity (Wildman–Crippen MR) is 267 cm³/mol. The molecule has 9 nitrogen and oxygen atoms in total. The second-order valence-corrected chi connectivity index (χ2v) is 17.6. The molecule has 0 saturated heterocycles. The standard InChI is InChI=1S/C54H63N9/c1-58(2)43-25-13-37(14-26-43)49(38-15-27-44(28-16-38)59(3)4)52-55-53(50(39-17-29-45(30-18-39)60(5)6)40-19-31-46(32-20-40)61(7)8)57-54(56-52)51(41-21-33-47(34-22-41)62(9)10)42-23-35-48(36-24-42)63(11)12/h13-36,49-51H,1-12H3. The summed E-state index contributed by atoms with van der Waals surface area (Å²) in [6.45, 7) is 0. The Morgan fingerprint density at radius 1 is 0.222 bits per heavy atom. The van der Waals surface area contributed by atoms with Gasteiger partial charge in [-0.1, -0.05) is 72.8 Å². The lowest BCUT2D eigenvalue weighted by atomic mass is 9.87. The van der Waals surface area contributed by atoms with E-state index in [0.29, 0.717) is 17.5 Å². The van der Waals surface area contributed by atoms with Crippen LogP contribution in [0.5, 0.6) is 0 Å². The van der Waals surface area contributed by atoms with Crippen LogP contribution in [-0.2, 0) is 0 Å². The Morgan fingerprint density at radius 2 is 0.349 bits per heavy atom. The van der Waals surface area contributed by atoms with E-state index in [1.54, 1.807) is 0 Å². The van der Waals surface area contributed by atoms with Gasteiger partial charge < -0.3 is 29.4 Å². The predicted octanol–water partition coefficient (Wildman–Crippen LogP) is 9.81. The molecule has 1 heterocycles. The summed E-state index contributed by atoms with van der Waals surface area (Å²) in [5.74, 6) is 1.22. The number of rotatable bonds is 15. The molecule has 7 rings (SSSR count). The molecule has 0 saturated carbocycles. The highest BCUT2D eigenvalue weighted by atomic mass is 15.1. The zero-order chi connectivity index (χ0) is 44.9. The minimum absolute atomic E-state index is 0.293. The van der Waals surface area contributed by atoms with Crippen LogP contribution in [0.1, 0.15) is 68.6 Å². The molecule has 0 atom stereocenters. The first-order valence-corrected chi connectivity index (χ1v) is 21.6. The van der Waals surface area contributed by atoms with Gasteiger partial charge in [0.15, 0.2) is 0 Å². The van der Waals surface area contributed by atoms with E-state index in [-0.39, 0.29) is 17.8 Å². The van der Waals surface area contributed by atoms with Crippen molar-refractivity contribution in [3.05, 3.63) is 196 Å². The van der Waals surface area contributed by atoms with E-state index in [0.717, 1.165) is 67.5 Å². The first-order valence-electron chi connectivity index (χ1n) is 21.6. The maximum Gasteiger partial charge on any atom is 0.144 e. The summed E-state index contributed by atoms with van der Waals surface area (Å²) in [4.78, 5) is 29.7. The number of hydrogen-bond donors (Lipinski definition) is 0. The molecule has 0 fully saturated rings. The summed E-state index contributed by atoms with van der Waals surface area (Å²) in [5, 5.41) is 0. The van der Waals surface area contributed by atoms with E-state index in [1.165, 1.54) is 0 Å². The third-order valence-corrected chi connectivity index (χ3v) is 11.9. The van der Waals surface area contributed by atoms with Gasteiger partial charge >= 0.3 is 0 Å². The van der Waals surface area contributed by atoms with Crippen LogP contribution >= 0.6 is 0 Å². The number of hydrogen-bond acceptors (Lipinski definition) is 9. The molecule has 0 unspecified atom stereocenters. The highest BCUT2D eigenvalue weighted by Gasteiger charge is 2.30. The van der Waals surface area contributed by atoms with Gasteiger partial charge in [-0.2, -0.15) is 0 Å². The van der Waals surface area contributed by atoms with Crippen molar-refractivity contribution in [3.8, 4) is 0 Å². The fourth-order valence-corrected chi connectivity index (χ4v) is 8.08. The lowest BCUT2D eigenvalue weighted by Crippen LogP contribution is -2.20. The number of anilines is 6. The van der Waals surface area contributed by atoms with E-state index < -0.39 is 0 Å². The van der Waals surface area contributed by atoms with Crippen molar-refractivity contribution in [3.63, 3.8) is 0 Å². The van der Waals surface area contributed by atoms with E-state index in [2.05, 4.69) is 260 Å². The fraction of sp³-hybridized carbons (Fsp3) is 0.278. The minimum Gasteiger partial charge on any atom is -0.378 e. The van der Waals surface area contributed by atoms with Crippen LogP contribution in [0.15, 0.2) is 146 Å². The Balaban J connectivity index is 1.55. The van der Waals surface area contributed by atoms with Crippen LogP contribution in [0.2, 0.25) is 0 Å². The summed E-state index contributed by atoms with van der Waals surface area (Å²) in [7, 11) is 24.9. The van der Waals surface area contributed by atoms with Gasteiger partial charge in [-0.3, -0.25) is 0 Å². The first-order chi connectivity index (χ1) is 30.2. The Hall–Kier alpha value is -6.87. The van der Waals surface area contributed by atoms with Gasteiger partial charge in [0.2, 0.25) is 0 Å². The fourth-order valence-electron chi connectivity index (χ4n) is 8.08. The molecule has 0 aliphatic heterocycles. The van der Waals surface area contributed by atoms with Gasteiger partial charge in [-0.25, -0.2) is 15.0 Å². The molecule has 324 valence electrons. The largest absolute Gasteiger partial charge is 0.378 e. The molecule has 9 heteroatoms. The van der Waals surface area contributed by atoms with Gasteiger partial charge in [0.05, 0.1) is 17.8 Å². The molecule has 6 aromatic carbocycles. The van der Waals surface area contributed by atoms with Crippen molar-refractivity contribution in [2.24, 2.45) is 0 Å². The molecule has 0 N–H and O–H groups in total. The van der Waals surface area contributed by atoms with Crippen molar-refractivity contribution in [2.45, 2.75) is 17.8 Å². The molecule has 0 radical (unpaired) electrons. The highest BCUT2D eigenvalue weighted by molar-refractivity contribution is 5.56. The molecule has 0 aliphatic rings. The number of aromatic nitrogens is 3. The second-order valence-electron chi connectivity index (χ2n) is 17.6. The quantitative estimate of drug-likeness (QED) is 0.101. The third kappa shape index (κ3) is 9.94. The average Bonchev–Trinajstić information content (AvgIpc) is 3.28. The Bertz CT molecular complexity index is 2090. The van der Waals surface area contributed by atoms with E-state index in [1.807, 2.05) is 0 Å². The Labute approximate surface area is 375 Å². The van der Waals surface area contributed by atoms with Crippen LogP contribution in [0.4, 0.5) is 34.1 Å². The smallest absolute Gasteiger partial charge is 0.144 e. The molecular formula is C54H63N9. The Kier molecular flexibility index (Phi) is 13.4. The summed E-state index contributed by atoms with van der Waals surface area (Å²) in [6.07, 6.45) is 0. The minimum atomic E-state index is -0.293. The van der Waals surface area contributed by atoms with Gasteiger partial charge in [0, 0.05) is 119 Å². The van der Waals surface area contributed by atoms with Crippen LogP contribution in [-0.4, -0.2) is 99.5 Å². The summed E-state index contributed by atoms with van der Waals surface area (Å²) in [6, 6.07) is 52.8. The monoisotopic (exact) mass is 838 g/mol. The van der Waals surface area contributed by atoms with Gasteiger partial charge in [-0.05, 0) is 106 Å². The maximum absolute atomic E-state index is 5.64. The molecule has 0 amide bonds. The number of nitrogens with zero attached hydrogens (tertiary/aromatic N) is 9. The van der Waals surface area contributed by atoms with E-state index >= 15 is 0 Å². The van der Waals surface area contributed by atoms with Crippen molar-refractivity contribution in [1.29, 1.82) is 0 Å². The van der Waals surface area contributed by atoms with Crippen LogP contribution in [0.25, 0.3) is 0 Å². The third-order valence-electron chi connectivity index (χ3n) is 11.9. The summed E-state index contributed by atoms with van der Waals surface area (Å²) >= 11 is 0. The van der Waals surface area contributed by atoms with Crippen LogP contribution < -0.4 is 29.4 Å². The molecule has 0 bridgehead atoms. The SMILES string of the molecule is CN(C)c1ccc(C(c2ccc(N(C)C)cc2)c2nc(C(c3ccc(N(C)C)cc3)c3ccc(N(C)C)cc3)nc(C(c3ccc(N(C)C)cc3)c3ccc(N(C)C)cc3)n2)cc1. The van der Waals surface area contributed by atoms with Crippen molar-refractivity contribution in [1.82, 2.24) is 15.0 Å². The van der Waals surface area contributed by atoms with Gasteiger partial charge in [0.1, 0.15) is 17.5 Å². The highest BCUT2D eigenvalue weighted by Crippen LogP contribution is 2.39. The summed E-state index contributed by atoms with van der Waals surface area (Å²) < 4.78 is 0. The number of benzene rings is 6. The lowest BCUT2D eigenvalue weighted by Gasteiger charge is -2.26. The topological polar surface area (TPSA) is 58.1 Å². The van der Waals surface area contributed by atoms with Crippen molar-refractivity contribution < 1.29 is 0 Å². The molecular weight excluding hydrogens is 775 g/mol. The normalized spacial score (nSPS) is 11.3. The second kappa shape index (κ2) is 19.0. The molecule has 63 heavy (non-hydrogen) atoms. The lowest BCUT2D eigenvalue weighted by molar-refractivity contribution is 0.708. The van der Waals surface area contributed by atoms with Gasteiger partial charge in [0.25, 0.3) is 0 Å². The molecule has 0 spiro atoms. The average molecular weight is 838 g/mol. The molecule has 0 aliphatic carbocycles. The van der Waals surface area contributed by atoms with Crippen molar-refractivity contribution in [2.75, 3.05) is 114 Å². The van der Waals surface area contributed by atoms with Crippen molar-refractivity contribution >= 4 is 34.1 Å². The van der Waals surface area contributed by atoms with E-state index in [9.17, 15) is 0 Å². The first kappa shape index (κ1) is 44.2. The molecule has 1 aromatic heterocycles. The zero-order valence-electron chi connectivity index (χ0n) is 39.1. The maximum atomic E-state index is 5.64. The van der Waals surface area contributed by atoms with Crippen LogP contribution in [0, 0.1) is 0 Å². The van der Waals surface area contributed by atoms with E-state index in [4.69, 9.17) is 15.0 Å².